The van der Waals surface area contributed by atoms with Crippen LogP contribution in [0.3, 0.4) is 0 Å². The van der Waals surface area contributed by atoms with Gasteiger partial charge in [0, 0.05) is 12.5 Å². The first-order valence-electron chi connectivity index (χ1n) is 8.71. The molecule has 134 valence electrons. The van der Waals surface area contributed by atoms with Gasteiger partial charge >= 0.3 is 5.97 Å². The standard InChI is InChI=1S/C20H20N2O4/c1-3-4-19-21-15-11-13(20(23)24-2)5-7-16(15)22(19)14-6-8-17-18(12-14)26-10-9-25-17/h5-8,11-12H,3-4,9-10H2,1-2H3. The average Bonchev–Trinajstić information content (AvgIpc) is 3.04. The van der Waals surface area contributed by atoms with Crippen molar-refractivity contribution in [3.05, 3.63) is 47.8 Å². The molecule has 0 spiro atoms. The smallest absolute Gasteiger partial charge is 0.337 e. The molecule has 2 heterocycles. The van der Waals surface area contributed by atoms with Crippen molar-refractivity contribution in [3.8, 4) is 17.2 Å². The third kappa shape index (κ3) is 2.77. The summed E-state index contributed by atoms with van der Waals surface area (Å²) in [4.78, 5) is 16.6. The minimum Gasteiger partial charge on any atom is -0.486 e. The minimum absolute atomic E-state index is 0.363. The fourth-order valence-corrected chi connectivity index (χ4v) is 3.23. The second-order valence-corrected chi connectivity index (χ2v) is 6.14. The second-order valence-electron chi connectivity index (χ2n) is 6.14. The van der Waals surface area contributed by atoms with Crippen molar-refractivity contribution in [2.24, 2.45) is 0 Å². The Morgan fingerprint density at radius 3 is 2.73 bits per heavy atom. The topological polar surface area (TPSA) is 62.6 Å². The fourth-order valence-electron chi connectivity index (χ4n) is 3.23. The third-order valence-electron chi connectivity index (χ3n) is 4.40. The van der Waals surface area contributed by atoms with E-state index in [9.17, 15) is 4.79 Å². The molecule has 0 fully saturated rings. The Morgan fingerprint density at radius 1 is 1.15 bits per heavy atom. The van der Waals surface area contributed by atoms with Gasteiger partial charge in [-0.3, -0.25) is 4.57 Å². The van der Waals surface area contributed by atoms with E-state index in [-0.39, 0.29) is 5.97 Å². The molecule has 0 N–H and O–H groups in total. The van der Waals surface area contributed by atoms with Gasteiger partial charge in [-0.15, -0.1) is 0 Å². The predicted molar refractivity (Wildman–Crippen MR) is 97.4 cm³/mol. The van der Waals surface area contributed by atoms with Crippen molar-refractivity contribution in [2.45, 2.75) is 19.8 Å². The normalized spacial score (nSPS) is 13.0. The van der Waals surface area contributed by atoms with E-state index < -0.39 is 0 Å². The van der Waals surface area contributed by atoms with Crippen LogP contribution in [-0.2, 0) is 11.2 Å². The summed E-state index contributed by atoms with van der Waals surface area (Å²) in [6.45, 7) is 3.23. The number of carbonyl (C=O) groups is 1. The number of methoxy groups -OCH3 is 1. The van der Waals surface area contributed by atoms with Crippen LogP contribution in [0.2, 0.25) is 0 Å². The summed E-state index contributed by atoms with van der Waals surface area (Å²) in [5.74, 6) is 2.08. The lowest BCUT2D eigenvalue weighted by Gasteiger charge is -2.19. The van der Waals surface area contributed by atoms with Crippen LogP contribution in [0.15, 0.2) is 36.4 Å². The average molecular weight is 352 g/mol. The number of aryl methyl sites for hydroxylation is 1. The summed E-state index contributed by atoms with van der Waals surface area (Å²) in [6.07, 6.45) is 1.80. The largest absolute Gasteiger partial charge is 0.486 e. The van der Waals surface area contributed by atoms with Gasteiger partial charge in [-0.25, -0.2) is 9.78 Å². The number of nitrogens with zero attached hydrogens (tertiary/aromatic N) is 2. The van der Waals surface area contributed by atoms with Crippen molar-refractivity contribution in [1.29, 1.82) is 0 Å². The van der Waals surface area contributed by atoms with Gasteiger partial charge in [0.2, 0.25) is 0 Å². The molecule has 1 aliphatic rings. The lowest BCUT2D eigenvalue weighted by atomic mass is 10.2. The first-order chi connectivity index (χ1) is 12.7. The zero-order valence-corrected chi connectivity index (χ0v) is 14.8. The van der Waals surface area contributed by atoms with Gasteiger partial charge in [0.05, 0.1) is 29.4 Å². The van der Waals surface area contributed by atoms with Crippen LogP contribution < -0.4 is 9.47 Å². The van der Waals surface area contributed by atoms with E-state index in [0.29, 0.717) is 18.8 Å². The van der Waals surface area contributed by atoms with E-state index >= 15 is 0 Å². The molecule has 6 heteroatoms. The molecule has 0 atom stereocenters. The van der Waals surface area contributed by atoms with Crippen molar-refractivity contribution >= 4 is 17.0 Å². The molecule has 0 aliphatic carbocycles. The number of aromatic nitrogens is 2. The Bertz CT molecular complexity index is 977. The van der Waals surface area contributed by atoms with Crippen LogP contribution in [0.5, 0.6) is 11.5 Å². The van der Waals surface area contributed by atoms with E-state index in [1.54, 1.807) is 12.1 Å². The Labute approximate surface area is 151 Å². The number of esters is 1. The zero-order valence-electron chi connectivity index (χ0n) is 14.8. The molecule has 1 aromatic heterocycles. The Kier molecular flexibility index (Phi) is 4.24. The minimum atomic E-state index is -0.363. The number of ether oxygens (including phenoxy) is 3. The first kappa shape index (κ1) is 16.4. The molecule has 0 saturated carbocycles. The van der Waals surface area contributed by atoms with Gasteiger partial charge < -0.3 is 14.2 Å². The van der Waals surface area contributed by atoms with Gasteiger partial charge in [0.1, 0.15) is 19.0 Å². The molecule has 26 heavy (non-hydrogen) atoms. The molecular weight excluding hydrogens is 332 g/mol. The highest BCUT2D eigenvalue weighted by atomic mass is 16.6. The first-order valence-corrected chi connectivity index (χ1v) is 8.71. The van der Waals surface area contributed by atoms with Crippen LogP contribution >= 0.6 is 0 Å². The van der Waals surface area contributed by atoms with Crippen LogP contribution in [0.1, 0.15) is 29.5 Å². The number of hydrogen-bond donors (Lipinski definition) is 0. The van der Waals surface area contributed by atoms with E-state index in [1.807, 2.05) is 24.3 Å². The van der Waals surface area contributed by atoms with E-state index in [0.717, 1.165) is 46.9 Å². The predicted octanol–water partition coefficient (Wildman–Crippen LogP) is 3.54. The van der Waals surface area contributed by atoms with Gasteiger partial charge in [0.15, 0.2) is 11.5 Å². The maximum absolute atomic E-state index is 11.8. The van der Waals surface area contributed by atoms with Crippen LogP contribution in [0, 0.1) is 0 Å². The molecule has 0 bridgehead atoms. The number of fused-ring (bicyclic) bond motifs is 2. The molecule has 3 aromatic rings. The molecule has 1 aliphatic heterocycles. The molecule has 0 radical (unpaired) electrons. The summed E-state index contributed by atoms with van der Waals surface area (Å²) in [5.41, 5.74) is 3.17. The Hall–Kier alpha value is -3.02. The quantitative estimate of drug-likeness (QED) is 0.672. The summed E-state index contributed by atoms with van der Waals surface area (Å²) < 4.78 is 18.3. The lowest BCUT2D eigenvalue weighted by Crippen LogP contribution is -2.15. The molecule has 2 aromatic carbocycles. The molecule has 0 saturated heterocycles. The van der Waals surface area contributed by atoms with Crippen molar-refractivity contribution in [2.75, 3.05) is 20.3 Å². The highest BCUT2D eigenvalue weighted by molar-refractivity contribution is 5.94. The number of rotatable bonds is 4. The van der Waals surface area contributed by atoms with Crippen LogP contribution in [0.25, 0.3) is 16.7 Å². The molecule has 6 nitrogen and oxygen atoms in total. The highest BCUT2D eigenvalue weighted by Gasteiger charge is 2.17. The molecule has 4 rings (SSSR count). The number of imidazole rings is 1. The van der Waals surface area contributed by atoms with Crippen molar-refractivity contribution in [3.63, 3.8) is 0 Å². The Morgan fingerprint density at radius 2 is 1.96 bits per heavy atom. The fraction of sp³-hybridized carbons (Fsp3) is 0.300. The van der Waals surface area contributed by atoms with Gasteiger partial charge in [-0.2, -0.15) is 0 Å². The monoisotopic (exact) mass is 352 g/mol. The number of carbonyl (C=O) groups excluding carboxylic acids is 1. The third-order valence-corrected chi connectivity index (χ3v) is 4.40. The summed E-state index contributed by atoms with van der Waals surface area (Å²) in [7, 11) is 1.38. The van der Waals surface area contributed by atoms with Crippen molar-refractivity contribution < 1.29 is 19.0 Å². The Balaban J connectivity index is 1.87. The number of hydrogen-bond acceptors (Lipinski definition) is 5. The van der Waals surface area contributed by atoms with E-state index in [2.05, 4.69) is 11.5 Å². The summed E-state index contributed by atoms with van der Waals surface area (Å²) >= 11 is 0. The number of benzene rings is 2. The maximum atomic E-state index is 11.8. The van der Waals surface area contributed by atoms with Gasteiger partial charge in [-0.05, 0) is 36.8 Å². The van der Waals surface area contributed by atoms with Crippen LogP contribution in [-0.4, -0.2) is 35.8 Å². The van der Waals surface area contributed by atoms with E-state index in [4.69, 9.17) is 19.2 Å². The SMILES string of the molecule is CCCc1nc2cc(C(=O)OC)ccc2n1-c1ccc2c(c1)OCCO2. The molecule has 0 amide bonds. The van der Waals surface area contributed by atoms with E-state index in [1.165, 1.54) is 7.11 Å². The van der Waals surface area contributed by atoms with Gasteiger partial charge in [-0.1, -0.05) is 6.92 Å². The molecule has 0 unspecified atom stereocenters. The van der Waals surface area contributed by atoms with Crippen LogP contribution in [0.4, 0.5) is 0 Å². The van der Waals surface area contributed by atoms with Gasteiger partial charge in [0.25, 0.3) is 0 Å². The second kappa shape index (κ2) is 6.71. The maximum Gasteiger partial charge on any atom is 0.337 e. The zero-order chi connectivity index (χ0) is 18.1. The highest BCUT2D eigenvalue weighted by Crippen LogP contribution is 2.34. The summed E-state index contributed by atoms with van der Waals surface area (Å²) in [6, 6.07) is 11.3. The summed E-state index contributed by atoms with van der Waals surface area (Å²) in [5, 5.41) is 0. The molecular formula is C20H20N2O4. The lowest BCUT2D eigenvalue weighted by molar-refractivity contribution is 0.0601. The van der Waals surface area contributed by atoms with Crippen molar-refractivity contribution in [1.82, 2.24) is 9.55 Å².